The summed E-state index contributed by atoms with van der Waals surface area (Å²) in [6.45, 7) is 0.493. The third-order valence-corrected chi connectivity index (χ3v) is 5.57. The van der Waals surface area contributed by atoms with Crippen LogP contribution in [0.5, 0.6) is 0 Å². The van der Waals surface area contributed by atoms with Crippen LogP contribution < -0.4 is 16.4 Å². The van der Waals surface area contributed by atoms with Gasteiger partial charge in [-0.05, 0) is 34.7 Å². The minimum Gasteiger partial charge on any atom is -0.467 e. The molecule has 0 heterocycles. The third-order valence-electron chi connectivity index (χ3n) is 5.57. The molecule has 184 valence electrons. The molecule has 0 radical (unpaired) electrons. The van der Waals surface area contributed by atoms with Gasteiger partial charge in [-0.25, -0.2) is 9.59 Å². The van der Waals surface area contributed by atoms with Crippen LogP contribution in [0.1, 0.15) is 24.0 Å². The van der Waals surface area contributed by atoms with Crippen LogP contribution in [0.4, 0.5) is 4.79 Å². The number of hydrogen-bond acceptors (Lipinski definition) is 6. The fourth-order valence-electron chi connectivity index (χ4n) is 3.63. The monoisotopic (exact) mass is 477 g/mol. The number of ether oxygens (including phenoxy) is 2. The van der Waals surface area contributed by atoms with Crippen LogP contribution in [0.2, 0.25) is 0 Å². The standard InChI is InChI=1S/C27H31N3O5/c1-34-26(32)24(17-20-13-14-21-10-5-6-11-22(21)16-20)30-25(31)23(28)12-7-15-29-27(33)35-18-19-8-3-2-4-9-19/h2-6,8-11,13-14,16,23-24H,7,12,15,17-18,28H2,1H3,(H,29,33)(H,30,31). The quantitative estimate of drug-likeness (QED) is 0.288. The summed E-state index contributed by atoms with van der Waals surface area (Å²) in [6.07, 6.45) is 0.551. The molecule has 0 fully saturated rings. The van der Waals surface area contributed by atoms with Gasteiger partial charge in [0.1, 0.15) is 12.6 Å². The Morgan fingerprint density at radius 1 is 0.914 bits per heavy atom. The molecule has 8 nitrogen and oxygen atoms in total. The summed E-state index contributed by atoms with van der Waals surface area (Å²) in [6, 6.07) is 21.5. The van der Waals surface area contributed by atoms with E-state index in [2.05, 4.69) is 10.6 Å². The van der Waals surface area contributed by atoms with Crippen molar-refractivity contribution in [2.45, 2.75) is 38.0 Å². The zero-order valence-corrected chi connectivity index (χ0v) is 19.7. The summed E-state index contributed by atoms with van der Waals surface area (Å²) in [7, 11) is 1.28. The van der Waals surface area contributed by atoms with Crippen LogP contribution in [0, 0.1) is 0 Å². The highest BCUT2D eigenvalue weighted by Crippen LogP contribution is 2.17. The highest BCUT2D eigenvalue weighted by atomic mass is 16.5. The third kappa shape index (κ3) is 8.12. The first-order chi connectivity index (χ1) is 17.0. The Balaban J connectivity index is 1.43. The van der Waals surface area contributed by atoms with Crippen molar-refractivity contribution in [2.24, 2.45) is 5.73 Å². The molecule has 0 aromatic heterocycles. The summed E-state index contributed by atoms with van der Waals surface area (Å²) >= 11 is 0. The zero-order valence-electron chi connectivity index (χ0n) is 19.7. The van der Waals surface area contributed by atoms with Crippen molar-refractivity contribution in [3.05, 3.63) is 83.9 Å². The lowest BCUT2D eigenvalue weighted by Crippen LogP contribution is -2.49. The van der Waals surface area contributed by atoms with E-state index < -0.39 is 30.1 Å². The van der Waals surface area contributed by atoms with Crippen LogP contribution >= 0.6 is 0 Å². The zero-order chi connectivity index (χ0) is 25.0. The van der Waals surface area contributed by atoms with E-state index >= 15 is 0 Å². The molecule has 35 heavy (non-hydrogen) atoms. The molecule has 0 aliphatic rings. The number of fused-ring (bicyclic) bond motifs is 1. The number of carbonyl (C=O) groups excluding carboxylic acids is 3. The van der Waals surface area contributed by atoms with Crippen molar-refractivity contribution in [2.75, 3.05) is 13.7 Å². The SMILES string of the molecule is COC(=O)C(Cc1ccc2ccccc2c1)NC(=O)C(N)CCCNC(=O)OCc1ccccc1. The number of hydrogen-bond donors (Lipinski definition) is 3. The topological polar surface area (TPSA) is 120 Å². The molecule has 4 N–H and O–H groups in total. The van der Waals surface area contributed by atoms with Crippen LogP contribution in [0.3, 0.4) is 0 Å². The highest BCUT2D eigenvalue weighted by Gasteiger charge is 2.24. The van der Waals surface area contributed by atoms with E-state index in [1.165, 1.54) is 7.11 Å². The summed E-state index contributed by atoms with van der Waals surface area (Å²) in [5.41, 5.74) is 7.81. The van der Waals surface area contributed by atoms with E-state index in [-0.39, 0.29) is 13.0 Å². The van der Waals surface area contributed by atoms with Gasteiger partial charge < -0.3 is 25.8 Å². The van der Waals surface area contributed by atoms with Gasteiger partial charge in [0, 0.05) is 13.0 Å². The number of amides is 2. The summed E-state index contributed by atoms with van der Waals surface area (Å²) in [5.74, 6) is -0.991. The molecule has 0 bridgehead atoms. The van der Waals surface area contributed by atoms with Gasteiger partial charge in [0.05, 0.1) is 13.2 Å². The maximum absolute atomic E-state index is 12.6. The molecule has 0 saturated carbocycles. The van der Waals surface area contributed by atoms with E-state index in [9.17, 15) is 14.4 Å². The van der Waals surface area contributed by atoms with Gasteiger partial charge in [-0.15, -0.1) is 0 Å². The molecule has 3 rings (SSSR count). The Morgan fingerprint density at radius 3 is 2.37 bits per heavy atom. The van der Waals surface area contributed by atoms with Crippen molar-refractivity contribution in [1.29, 1.82) is 0 Å². The van der Waals surface area contributed by atoms with E-state index in [4.69, 9.17) is 15.2 Å². The molecular weight excluding hydrogens is 446 g/mol. The summed E-state index contributed by atoms with van der Waals surface area (Å²) in [5, 5.41) is 7.48. The number of carbonyl (C=O) groups is 3. The van der Waals surface area contributed by atoms with Crippen molar-refractivity contribution >= 4 is 28.7 Å². The Hall–Kier alpha value is -3.91. The van der Waals surface area contributed by atoms with Gasteiger partial charge in [-0.1, -0.05) is 72.8 Å². The molecule has 2 unspecified atom stereocenters. The first-order valence-electron chi connectivity index (χ1n) is 11.5. The lowest BCUT2D eigenvalue weighted by molar-refractivity contribution is -0.145. The number of alkyl carbamates (subject to hydrolysis) is 1. The Morgan fingerprint density at radius 2 is 1.63 bits per heavy atom. The molecule has 0 aliphatic carbocycles. The van der Waals surface area contributed by atoms with Crippen LogP contribution in [-0.4, -0.2) is 43.7 Å². The molecule has 8 heteroatoms. The van der Waals surface area contributed by atoms with E-state index in [1.54, 1.807) is 0 Å². The van der Waals surface area contributed by atoms with Gasteiger partial charge in [-0.3, -0.25) is 4.79 Å². The number of methoxy groups -OCH3 is 1. The number of rotatable bonds is 11. The molecular formula is C27H31N3O5. The van der Waals surface area contributed by atoms with E-state index in [0.29, 0.717) is 19.4 Å². The van der Waals surface area contributed by atoms with E-state index in [0.717, 1.165) is 21.9 Å². The van der Waals surface area contributed by atoms with Crippen molar-refractivity contribution < 1.29 is 23.9 Å². The van der Waals surface area contributed by atoms with Crippen molar-refractivity contribution in [1.82, 2.24) is 10.6 Å². The maximum Gasteiger partial charge on any atom is 0.407 e. The van der Waals surface area contributed by atoms with Crippen LogP contribution in [-0.2, 0) is 32.1 Å². The normalized spacial score (nSPS) is 12.4. The summed E-state index contributed by atoms with van der Waals surface area (Å²) in [4.78, 5) is 36.7. The Labute approximate surface area is 204 Å². The lowest BCUT2D eigenvalue weighted by atomic mass is 10.0. The fourth-order valence-corrected chi connectivity index (χ4v) is 3.63. The number of nitrogens with one attached hydrogen (secondary N) is 2. The summed E-state index contributed by atoms with van der Waals surface area (Å²) < 4.78 is 10.0. The van der Waals surface area contributed by atoms with Gasteiger partial charge >= 0.3 is 12.1 Å². The lowest BCUT2D eigenvalue weighted by Gasteiger charge is -2.19. The average Bonchev–Trinajstić information content (AvgIpc) is 2.89. The predicted molar refractivity (Wildman–Crippen MR) is 133 cm³/mol. The Bertz CT molecular complexity index is 1140. The van der Waals surface area contributed by atoms with Crippen LogP contribution in [0.25, 0.3) is 10.8 Å². The molecule has 3 aromatic carbocycles. The first kappa shape index (κ1) is 25.7. The minimum absolute atomic E-state index is 0.181. The van der Waals surface area contributed by atoms with Crippen LogP contribution in [0.15, 0.2) is 72.8 Å². The van der Waals surface area contributed by atoms with Gasteiger partial charge in [0.2, 0.25) is 5.91 Å². The smallest absolute Gasteiger partial charge is 0.407 e. The maximum atomic E-state index is 12.6. The molecule has 0 saturated heterocycles. The van der Waals surface area contributed by atoms with Gasteiger partial charge in [0.25, 0.3) is 0 Å². The average molecular weight is 478 g/mol. The molecule has 0 aliphatic heterocycles. The second kappa shape index (κ2) is 13.1. The number of esters is 1. The predicted octanol–water partition coefficient (Wildman–Crippen LogP) is 3.07. The van der Waals surface area contributed by atoms with E-state index in [1.807, 2.05) is 72.8 Å². The second-order valence-electron chi connectivity index (χ2n) is 8.21. The molecule has 2 atom stereocenters. The second-order valence-corrected chi connectivity index (χ2v) is 8.21. The highest BCUT2D eigenvalue weighted by molar-refractivity contribution is 5.88. The first-order valence-corrected chi connectivity index (χ1v) is 11.5. The minimum atomic E-state index is -0.856. The van der Waals surface area contributed by atoms with Gasteiger partial charge in [0.15, 0.2) is 0 Å². The fraction of sp³-hybridized carbons (Fsp3) is 0.296. The largest absolute Gasteiger partial charge is 0.467 e. The molecule has 2 amide bonds. The number of benzene rings is 3. The Kier molecular flexibility index (Phi) is 9.62. The van der Waals surface area contributed by atoms with Crippen molar-refractivity contribution in [3.8, 4) is 0 Å². The number of nitrogens with two attached hydrogens (primary N) is 1. The van der Waals surface area contributed by atoms with Crippen molar-refractivity contribution in [3.63, 3.8) is 0 Å². The molecule has 0 spiro atoms. The molecule has 3 aromatic rings. The van der Waals surface area contributed by atoms with Gasteiger partial charge in [-0.2, -0.15) is 0 Å².